The normalized spacial score (nSPS) is 21.8. The fraction of sp³-hybridized carbons (Fsp3) is 0.545. The van der Waals surface area contributed by atoms with Crippen LogP contribution in [0.4, 0.5) is 5.82 Å². The maximum Gasteiger partial charge on any atom is 0.497 e. The Morgan fingerprint density at radius 2 is 1.71 bits per heavy atom. The summed E-state index contributed by atoms with van der Waals surface area (Å²) in [5, 5.41) is 0. The van der Waals surface area contributed by atoms with Crippen LogP contribution in [0.25, 0.3) is 0 Å². The minimum atomic E-state index is -0.414. The number of hydrogen-bond donors (Lipinski definition) is 1. The summed E-state index contributed by atoms with van der Waals surface area (Å²) in [5.41, 5.74) is 5.77. The Morgan fingerprint density at radius 3 is 2.18 bits per heavy atom. The van der Waals surface area contributed by atoms with Crippen LogP contribution in [0.5, 0.6) is 0 Å². The minimum absolute atomic E-state index is 0.349. The molecular formula is C11H16BBrN2O2. The van der Waals surface area contributed by atoms with E-state index >= 15 is 0 Å². The highest BCUT2D eigenvalue weighted by molar-refractivity contribution is 9.10. The molecule has 0 aromatic carbocycles. The molecule has 2 rings (SSSR count). The Labute approximate surface area is 110 Å². The van der Waals surface area contributed by atoms with Crippen LogP contribution in [-0.4, -0.2) is 23.3 Å². The van der Waals surface area contributed by atoms with Gasteiger partial charge in [-0.15, -0.1) is 0 Å². The van der Waals surface area contributed by atoms with Gasteiger partial charge in [-0.2, -0.15) is 0 Å². The molecule has 0 aliphatic carbocycles. The highest BCUT2D eigenvalue weighted by atomic mass is 79.9. The minimum Gasteiger partial charge on any atom is -0.399 e. The lowest BCUT2D eigenvalue weighted by atomic mass is 9.80. The Kier molecular flexibility index (Phi) is 3.00. The van der Waals surface area contributed by atoms with Gasteiger partial charge in [0.2, 0.25) is 0 Å². The summed E-state index contributed by atoms with van der Waals surface area (Å²) >= 11 is 3.38. The third-order valence-electron chi connectivity index (χ3n) is 3.41. The van der Waals surface area contributed by atoms with Gasteiger partial charge in [0, 0.05) is 5.46 Å². The van der Waals surface area contributed by atoms with Crippen molar-refractivity contribution in [3.63, 3.8) is 0 Å². The molecule has 6 heteroatoms. The zero-order chi connectivity index (χ0) is 12.8. The maximum atomic E-state index is 5.94. The first-order chi connectivity index (χ1) is 7.73. The van der Waals surface area contributed by atoms with Gasteiger partial charge in [-0.3, -0.25) is 0 Å². The van der Waals surface area contributed by atoms with Crippen LogP contribution in [0.2, 0.25) is 0 Å². The third-order valence-corrected chi connectivity index (χ3v) is 4.04. The van der Waals surface area contributed by atoms with Crippen molar-refractivity contribution in [1.29, 1.82) is 0 Å². The second-order valence-corrected chi connectivity index (χ2v) is 5.96. The standard InChI is InChI=1S/C11H16BBrN2O2/c1-10(2)11(3,4)17-12(16-10)7-5-6-8(14)15-9(7)13/h5-6H,1-4H3,(H2,14,15). The number of nitrogens with two attached hydrogens (primary N) is 1. The molecule has 4 nitrogen and oxygen atoms in total. The Balaban J connectivity index is 2.32. The van der Waals surface area contributed by atoms with Crippen molar-refractivity contribution in [3.05, 3.63) is 16.7 Å². The Bertz CT molecular complexity index is 435. The number of pyridine rings is 1. The lowest BCUT2D eigenvalue weighted by Crippen LogP contribution is -2.41. The van der Waals surface area contributed by atoms with Gasteiger partial charge < -0.3 is 15.0 Å². The van der Waals surface area contributed by atoms with Crippen LogP contribution in [0, 0.1) is 0 Å². The third kappa shape index (κ3) is 2.21. The van der Waals surface area contributed by atoms with E-state index in [0.717, 1.165) is 5.46 Å². The first-order valence-electron chi connectivity index (χ1n) is 5.50. The molecule has 0 radical (unpaired) electrons. The van der Waals surface area contributed by atoms with Crippen LogP contribution in [0.1, 0.15) is 27.7 Å². The number of hydrogen-bond acceptors (Lipinski definition) is 4. The lowest BCUT2D eigenvalue weighted by molar-refractivity contribution is 0.00578. The summed E-state index contributed by atoms with van der Waals surface area (Å²) in [6.45, 7) is 8.08. The van der Waals surface area contributed by atoms with Crippen LogP contribution < -0.4 is 11.2 Å². The van der Waals surface area contributed by atoms with Crippen molar-refractivity contribution >= 4 is 34.3 Å². The van der Waals surface area contributed by atoms with Crippen LogP contribution in [0.3, 0.4) is 0 Å². The average molecular weight is 299 g/mol. The molecule has 0 atom stereocenters. The second kappa shape index (κ2) is 3.97. The fourth-order valence-corrected chi connectivity index (χ4v) is 2.13. The summed E-state index contributed by atoms with van der Waals surface area (Å²) in [5.74, 6) is 0.470. The van der Waals surface area contributed by atoms with Crippen molar-refractivity contribution in [2.45, 2.75) is 38.9 Å². The molecule has 0 saturated carbocycles. The molecule has 0 spiro atoms. The maximum absolute atomic E-state index is 5.94. The number of aromatic nitrogens is 1. The van der Waals surface area contributed by atoms with Gasteiger partial charge in [-0.1, -0.05) is 6.07 Å². The molecule has 92 valence electrons. The molecule has 0 bridgehead atoms. The molecule has 2 heterocycles. The molecule has 1 aliphatic rings. The predicted molar refractivity (Wildman–Crippen MR) is 72.1 cm³/mol. The average Bonchev–Trinajstić information content (AvgIpc) is 2.35. The topological polar surface area (TPSA) is 57.4 Å². The largest absolute Gasteiger partial charge is 0.497 e. The number of anilines is 1. The van der Waals surface area contributed by atoms with E-state index in [0.29, 0.717) is 10.4 Å². The first-order valence-corrected chi connectivity index (χ1v) is 6.30. The number of halogens is 1. The van der Waals surface area contributed by atoms with Gasteiger partial charge in [0.25, 0.3) is 0 Å². The van der Waals surface area contributed by atoms with E-state index in [1.54, 1.807) is 6.07 Å². The molecule has 0 amide bonds. The van der Waals surface area contributed by atoms with Gasteiger partial charge in [0.15, 0.2) is 0 Å². The van der Waals surface area contributed by atoms with Crippen molar-refractivity contribution in [2.75, 3.05) is 5.73 Å². The van der Waals surface area contributed by atoms with E-state index < -0.39 is 7.12 Å². The van der Waals surface area contributed by atoms with Crippen molar-refractivity contribution in [1.82, 2.24) is 4.98 Å². The molecule has 1 saturated heterocycles. The van der Waals surface area contributed by atoms with Gasteiger partial charge >= 0.3 is 7.12 Å². The number of nitrogen functional groups attached to an aromatic ring is 1. The number of rotatable bonds is 1. The van der Waals surface area contributed by atoms with Crippen LogP contribution in [0.15, 0.2) is 16.7 Å². The SMILES string of the molecule is CC1(C)OB(c2ccc(N)nc2Br)OC1(C)C. The van der Waals surface area contributed by atoms with E-state index in [4.69, 9.17) is 15.0 Å². The summed E-state index contributed by atoms with van der Waals surface area (Å²) < 4.78 is 12.5. The van der Waals surface area contributed by atoms with E-state index in [9.17, 15) is 0 Å². The Hall–Kier alpha value is -0.585. The summed E-state index contributed by atoms with van der Waals surface area (Å²) in [7, 11) is -0.414. The summed E-state index contributed by atoms with van der Waals surface area (Å²) in [6.07, 6.45) is 0. The first kappa shape index (κ1) is 12.9. The van der Waals surface area contributed by atoms with Crippen molar-refractivity contribution < 1.29 is 9.31 Å². The second-order valence-electron chi connectivity index (χ2n) is 5.20. The van der Waals surface area contributed by atoms with Gasteiger partial charge in [-0.25, -0.2) is 4.98 Å². The van der Waals surface area contributed by atoms with Crippen LogP contribution >= 0.6 is 15.9 Å². The van der Waals surface area contributed by atoms with Gasteiger partial charge in [-0.05, 0) is 49.7 Å². The van der Waals surface area contributed by atoms with E-state index in [1.165, 1.54) is 0 Å². The predicted octanol–water partition coefficient (Wildman–Crippen LogP) is 1.73. The Morgan fingerprint density at radius 1 is 1.18 bits per heavy atom. The molecule has 2 N–H and O–H groups in total. The lowest BCUT2D eigenvalue weighted by Gasteiger charge is -2.32. The van der Waals surface area contributed by atoms with Crippen LogP contribution in [-0.2, 0) is 9.31 Å². The highest BCUT2D eigenvalue weighted by Gasteiger charge is 2.52. The zero-order valence-electron chi connectivity index (χ0n) is 10.5. The molecule has 1 aromatic rings. The number of nitrogens with zero attached hydrogens (tertiary/aromatic N) is 1. The summed E-state index contributed by atoms with van der Waals surface area (Å²) in [6, 6.07) is 3.61. The molecule has 0 unspecified atom stereocenters. The summed E-state index contributed by atoms with van der Waals surface area (Å²) in [4.78, 5) is 4.15. The molecule has 1 fully saturated rings. The van der Waals surface area contributed by atoms with Crippen molar-refractivity contribution in [3.8, 4) is 0 Å². The van der Waals surface area contributed by atoms with Gasteiger partial charge in [0.05, 0.1) is 11.2 Å². The van der Waals surface area contributed by atoms with Crippen molar-refractivity contribution in [2.24, 2.45) is 0 Å². The quantitative estimate of drug-likeness (QED) is 0.634. The molecule has 1 aliphatic heterocycles. The van der Waals surface area contributed by atoms with Gasteiger partial charge in [0.1, 0.15) is 10.4 Å². The molecular weight excluding hydrogens is 283 g/mol. The zero-order valence-corrected chi connectivity index (χ0v) is 12.0. The smallest absolute Gasteiger partial charge is 0.399 e. The van der Waals surface area contributed by atoms with E-state index in [-0.39, 0.29) is 11.2 Å². The van der Waals surface area contributed by atoms with E-state index in [1.807, 2.05) is 33.8 Å². The molecule has 1 aromatic heterocycles. The molecule has 17 heavy (non-hydrogen) atoms. The highest BCUT2D eigenvalue weighted by Crippen LogP contribution is 2.36. The van der Waals surface area contributed by atoms with E-state index in [2.05, 4.69) is 20.9 Å². The fourth-order valence-electron chi connectivity index (χ4n) is 1.60. The monoisotopic (exact) mass is 298 g/mol.